The van der Waals surface area contributed by atoms with Crippen LogP contribution in [0.15, 0.2) is 42.6 Å². The molecule has 3 nitrogen and oxygen atoms in total. The van der Waals surface area contributed by atoms with E-state index in [1.807, 2.05) is 49.1 Å². The van der Waals surface area contributed by atoms with Crippen LogP contribution in [-0.2, 0) is 13.1 Å². The molecule has 0 aliphatic rings. The van der Waals surface area contributed by atoms with Crippen molar-refractivity contribution in [2.75, 3.05) is 18.0 Å². The second kappa shape index (κ2) is 7.74. The van der Waals surface area contributed by atoms with Crippen LogP contribution >= 0.6 is 0 Å². The second-order valence-corrected chi connectivity index (χ2v) is 4.88. The van der Waals surface area contributed by atoms with Gasteiger partial charge in [-0.3, -0.25) is 4.98 Å². The van der Waals surface area contributed by atoms with Gasteiger partial charge >= 0.3 is 0 Å². The lowest BCUT2D eigenvalue weighted by Gasteiger charge is -2.22. The summed E-state index contributed by atoms with van der Waals surface area (Å²) in [5, 5.41) is 3.34. The molecule has 112 valence electrons. The van der Waals surface area contributed by atoms with Crippen molar-refractivity contribution in [3.05, 3.63) is 59.7 Å². The Morgan fingerprint density at radius 3 is 2.57 bits per heavy atom. The van der Waals surface area contributed by atoms with E-state index in [4.69, 9.17) is 0 Å². The average Bonchev–Trinajstić information content (AvgIpc) is 2.52. The molecule has 0 unspecified atom stereocenters. The first-order valence-corrected chi connectivity index (χ1v) is 7.38. The van der Waals surface area contributed by atoms with Crippen molar-refractivity contribution in [2.45, 2.75) is 26.9 Å². The molecular weight excluding hydrogens is 265 g/mol. The first-order chi connectivity index (χ1) is 10.2. The fourth-order valence-electron chi connectivity index (χ4n) is 2.31. The lowest BCUT2D eigenvalue weighted by molar-refractivity contribution is 0.616. The van der Waals surface area contributed by atoms with Gasteiger partial charge < -0.3 is 10.2 Å². The molecule has 1 N–H and O–H groups in total. The van der Waals surface area contributed by atoms with Gasteiger partial charge in [0.15, 0.2) is 0 Å². The monoisotopic (exact) mass is 287 g/mol. The molecular formula is C17H22FN3. The molecule has 4 heteroatoms. The van der Waals surface area contributed by atoms with Crippen LogP contribution < -0.4 is 10.2 Å². The minimum atomic E-state index is -0.160. The maximum atomic E-state index is 13.9. The van der Waals surface area contributed by atoms with Gasteiger partial charge in [0, 0.05) is 32.4 Å². The van der Waals surface area contributed by atoms with Crippen LogP contribution in [-0.4, -0.2) is 18.1 Å². The van der Waals surface area contributed by atoms with Crippen molar-refractivity contribution < 1.29 is 4.39 Å². The van der Waals surface area contributed by atoms with Crippen LogP contribution in [0.25, 0.3) is 0 Å². The number of hydrogen-bond donors (Lipinski definition) is 1. The summed E-state index contributed by atoms with van der Waals surface area (Å²) in [4.78, 5) is 6.29. The fraction of sp³-hybridized carbons (Fsp3) is 0.353. The van der Waals surface area contributed by atoms with Gasteiger partial charge in [-0.25, -0.2) is 4.39 Å². The number of hydrogen-bond acceptors (Lipinski definition) is 3. The summed E-state index contributed by atoms with van der Waals surface area (Å²) < 4.78 is 13.9. The van der Waals surface area contributed by atoms with Crippen LogP contribution in [0.2, 0.25) is 0 Å². The van der Waals surface area contributed by atoms with Gasteiger partial charge in [-0.1, -0.05) is 12.1 Å². The number of pyridine rings is 1. The minimum absolute atomic E-state index is 0.160. The summed E-state index contributed by atoms with van der Waals surface area (Å²) in [6.07, 6.45) is 1.79. The molecule has 1 aromatic heterocycles. The predicted molar refractivity (Wildman–Crippen MR) is 84.7 cm³/mol. The Labute approximate surface area is 125 Å². The van der Waals surface area contributed by atoms with E-state index in [2.05, 4.69) is 10.3 Å². The SMILES string of the molecule is CCN(CC)c1cc(CNCc2ccccn2)ccc1F. The third-order valence-corrected chi connectivity index (χ3v) is 3.48. The van der Waals surface area contributed by atoms with Gasteiger partial charge in [0.2, 0.25) is 0 Å². The van der Waals surface area contributed by atoms with E-state index in [1.54, 1.807) is 12.3 Å². The summed E-state index contributed by atoms with van der Waals surface area (Å²) in [5.41, 5.74) is 2.76. The first kappa shape index (κ1) is 15.4. The Morgan fingerprint density at radius 1 is 1.10 bits per heavy atom. The zero-order valence-electron chi connectivity index (χ0n) is 12.6. The van der Waals surface area contributed by atoms with Crippen molar-refractivity contribution in [2.24, 2.45) is 0 Å². The molecule has 2 aromatic rings. The molecule has 0 aliphatic carbocycles. The number of nitrogens with zero attached hydrogens (tertiary/aromatic N) is 2. The second-order valence-electron chi connectivity index (χ2n) is 4.88. The zero-order valence-corrected chi connectivity index (χ0v) is 12.6. The van der Waals surface area contributed by atoms with Crippen molar-refractivity contribution >= 4 is 5.69 Å². The molecule has 0 spiro atoms. The van der Waals surface area contributed by atoms with Crippen LogP contribution in [0.1, 0.15) is 25.1 Å². The van der Waals surface area contributed by atoms with E-state index in [-0.39, 0.29) is 5.82 Å². The van der Waals surface area contributed by atoms with Gasteiger partial charge in [0.25, 0.3) is 0 Å². The zero-order chi connectivity index (χ0) is 15.1. The molecule has 0 fully saturated rings. The van der Waals surface area contributed by atoms with Crippen LogP contribution in [0.4, 0.5) is 10.1 Å². The molecule has 0 saturated heterocycles. The molecule has 0 bridgehead atoms. The molecule has 0 saturated carbocycles. The Kier molecular flexibility index (Phi) is 5.69. The van der Waals surface area contributed by atoms with E-state index < -0.39 is 0 Å². The lowest BCUT2D eigenvalue weighted by Crippen LogP contribution is -2.23. The van der Waals surface area contributed by atoms with E-state index in [9.17, 15) is 4.39 Å². The van der Waals surface area contributed by atoms with E-state index >= 15 is 0 Å². The van der Waals surface area contributed by atoms with E-state index in [1.165, 1.54) is 0 Å². The highest BCUT2D eigenvalue weighted by atomic mass is 19.1. The Bertz CT molecular complexity index is 553. The standard InChI is InChI=1S/C17H22FN3/c1-3-21(4-2)17-11-14(8-9-16(17)18)12-19-13-15-7-5-6-10-20-15/h5-11,19H,3-4,12-13H2,1-2H3. The van der Waals surface area contributed by atoms with E-state index in [0.29, 0.717) is 18.8 Å². The quantitative estimate of drug-likeness (QED) is 0.846. The first-order valence-electron chi connectivity index (χ1n) is 7.38. The smallest absolute Gasteiger partial charge is 0.146 e. The van der Waals surface area contributed by atoms with Crippen LogP contribution in [0.3, 0.4) is 0 Å². The normalized spacial score (nSPS) is 10.6. The van der Waals surface area contributed by atoms with Crippen LogP contribution in [0.5, 0.6) is 0 Å². The number of benzene rings is 1. The maximum absolute atomic E-state index is 13.9. The Morgan fingerprint density at radius 2 is 1.90 bits per heavy atom. The Hall–Kier alpha value is -1.94. The van der Waals surface area contributed by atoms with Gasteiger partial charge in [-0.15, -0.1) is 0 Å². The minimum Gasteiger partial charge on any atom is -0.370 e. The molecule has 21 heavy (non-hydrogen) atoms. The highest BCUT2D eigenvalue weighted by molar-refractivity contribution is 5.49. The molecule has 1 heterocycles. The highest BCUT2D eigenvalue weighted by Crippen LogP contribution is 2.20. The molecule has 2 rings (SSSR count). The summed E-state index contributed by atoms with van der Waals surface area (Å²) in [6.45, 7) is 7.09. The lowest BCUT2D eigenvalue weighted by atomic mass is 10.1. The summed E-state index contributed by atoms with van der Waals surface area (Å²) in [6, 6.07) is 11.2. The van der Waals surface area contributed by atoms with Gasteiger partial charge in [0.05, 0.1) is 11.4 Å². The van der Waals surface area contributed by atoms with Crippen molar-refractivity contribution in [3.63, 3.8) is 0 Å². The Balaban J connectivity index is 1.99. The largest absolute Gasteiger partial charge is 0.370 e. The van der Waals surface area contributed by atoms with Gasteiger partial charge in [0.1, 0.15) is 5.82 Å². The maximum Gasteiger partial charge on any atom is 0.146 e. The van der Waals surface area contributed by atoms with Crippen molar-refractivity contribution in [1.29, 1.82) is 0 Å². The third kappa shape index (κ3) is 4.26. The molecule has 0 amide bonds. The number of nitrogens with one attached hydrogen (secondary N) is 1. The van der Waals surface area contributed by atoms with Crippen molar-refractivity contribution in [3.8, 4) is 0 Å². The molecule has 0 atom stereocenters. The summed E-state index contributed by atoms with van der Waals surface area (Å²) in [7, 11) is 0. The fourth-order valence-corrected chi connectivity index (χ4v) is 2.31. The average molecular weight is 287 g/mol. The number of anilines is 1. The highest BCUT2D eigenvalue weighted by Gasteiger charge is 2.09. The molecule has 1 aromatic carbocycles. The number of aromatic nitrogens is 1. The molecule has 0 radical (unpaired) electrons. The summed E-state index contributed by atoms with van der Waals surface area (Å²) >= 11 is 0. The predicted octanol–water partition coefficient (Wildman–Crippen LogP) is 3.36. The van der Waals surface area contributed by atoms with Crippen LogP contribution in [0, 0.1) is 5.82 Å². The topological polar surface area (TPSA) is 28.2 Å². The van der Waals surface area contributed by atoms with Gasteiger partial charge in [-0.2, -0.15) is 0 Å². The molecule has 0 aliphatic heterocycles. The number of halogens is 1. The summed E-state index contributed by atoms with van der Waals surface area (Å²) in [5.74, 6) is -0.160. The van der Waals surface area contributed by atoms with Gasteiger partial charge in [-0.05, 0) is 43.7 Å². The third-order valence-electron chi connectivity index (χ3n) is 3.48. The number of rotatable bonds is 7. The van der Waals surface area contributed by atoms with E-state index in [0.717, 1.165) is 24.3 Å². The van der Waals surface area contributed by atoms with Crippen molar-refractivity contribution in [1.82, 2.24) is 10.3 Å².